The molecule has 1 saturated carbocycles. The van der Waals surface area contributed by atoms with Gasteiger partial charge in [-0.15, -0.1) is 11.3 Å². The first kappa shape index (κ1) is 32.0. The first-order chi connectivity index (χ1) is 23.4. The van der Waals surface area contributed by atoms with Crippen molar-refractivity contribution >= 4 is 45.1 Å². The number of nitrogens with zero attached hydrogens (tertiary/aromatic N) is 4. The normalized spacial score (nSPS) is 19.3. The SMILES string of the molecule is CSc1nc2nc(C(Cc3cc(F)cc(F)c3)NC(=O)Cn3nc(C(F)F)c4c3C(F)(F)[C@@H]3C[C@H]43)c(-c3ccc4c(c3)C(=O)CC4)cc2s1. The molecule has 1 amide bonds. The number of thiazole rings is 1. The number of pyridine rings is 1. The zero-order valence-corrected chi connectivity index (χ0v) is 27.2. The van der Waals surface area contributed by atoms with Crippen molar-refractivity contribution in [2.75, 3.05) is 6.26 Å². The van der Waals surface area contributed by atoms with Gasteiger partial charge in [0.1, 0.15) is 29.6 Å². The van der Waals surface area contributed by atoms with E-state index in [9.17, 15) is 27.2 Å². The highest BCUT2D eigenvalue weighted by Gasteiger charge is 2.67. The van der Waals surface area contributed by atoms with Crippen molar-refractivity contribution < 1.29 is 35.9 Å². The van der Waals surface area contributed by atoms with Crippen molar-refractivity contribution in [1.29, 1.82) is 0 Å². The average molecular weight is 714 g/mol. The number of halogens is 6. The first-order valence-corrected chi connectivity index (χ1v) is 17.5. The number of alkyl halides is 4. The van der Waals surface area contributed by atoms with Crippen molar-refractivity contribution in [2.24, 2.45) is 5.92 Å². The van der Waals surface area contributed by atoms with Crippen LogP contribution in [0.2, 0.25) is 0 Å². The van der Waals surface area contributed by atoms with Crippen LogP contribution in [-0.4, -0.2) is 37.7 Å². The van der Waals surface area contributed by atoms with E-state index in [2.05, 4.69) is 15.4 Å². The number of aryl methyl sites for hydroxylation is 1. The molecule has 2 aromatic carbocycles. The van der Waals surface area contributed by atoms with Gasteiger partial charge in [-0.1, -0.05) is 23.9 Å². The predicted octanol–water partition coefficient (Wildman–Crippen LogP) is 7.93. The molecule has 0 saturated heterocycles. The van der Waals surface area contributed by atoms with Gasteiger partial charge in [0, 0.05) is 35.1 Å². The molecular formula is C34H25F6N5O2S2. The molecule has 3 aromatic heterocycles. The van der Waals surface area contributed by atoms with Crippen LogP contribution < -0.4 is 5.32 Å². The molecule has 8 rings (SSSR count). The number of hydrogen-bond acceptors (Lipinski definition) is 7. The molecule has 15 heteroatoms. The Morgan fingerprint density at radius 1 is 1.06 bits per heavy atom. The first-order valence-electron chi connectivity index (χ1n) is 15.4. The fourth-order valence-electron chi connectivity index (χ4n) is 7.18. The minimum Gasteiger partial charge on any atom is -0.346 e. The fourth-order valence-corrected chi connectivity index (χ4v) is 8.64. The molecule has 1 unspecified atom stereocenters. The molecule has 1 N–H and O–H groups in total. The van der Waals surface area contributed by atoms with Gasteiger partial charge in [0.2, 0.25) is 5.91 Å². The van der Waals surface area contributed by atoms with Gasteiger partial charge < -0.3 is 5.32 Å². The van der Waals surface area contributed by atoms with Crippen molar-refractivity contribution in [3.63, 3.8) is 0 Å². The zero-order valence-electron chi connectivity index (χ0n) is 25.6. The highest BCUT2D eigenvalue weighted by molar-refractivity contribution is 8.00. The Hall–Kier alpha value is -4.24. The van der Waals surface area contributed by atoms with Crippen LogP contribution >= 0.6 is 23.1 Å². The Morgan fingerprint density at radius 2 is 1.84 bits per heavy atom. The van der Waals surface area contributed by atoms with E-state index in [-0.39, 0.29) is 35.4 Å². The third-order valence-corrected chi connectivity index (χ3v) is 11.4. The van der Waals surface area contributed by atoms with Gasteiger partial charge in [0.15, 0.2) is 15.8 Å². The molecule has 7 nitrogen and oxygen atoms in total. The molecule has 3 atom stereocenters. The van der Waals surface area contributed by atoms with Crippen molar-refractivity contribution in [2.45, 2.75) is 60.9 Å². The second-order valence-corrected chi connectivity index (χ2v) is 14.6. The number of nitrogens with one attached hydrogen (secondary N) is 1. The van der Waals surface area contributed by atoms with E-state index in [0.29, 0.717) is 55.0 Å². The molecule has 3 heterocycles. The van der Waals surface area contributed by atoms with E-state index in [1.165, 1.54) is 23.1 Å². The Morgan fingerprint density at radius 3 is 2.57 bits per heavy atom. The van der Waals surface area contributed by atoms with E-state index in [1.54, 1.807) is 6.07 Å². The van der Waals surface area contributed by atoms with Gasteiger partial charge >= 0.3 is 0 Å². The number of carbonyl (C=O) groups excluding carboxylic acids is 2. The molecule has 49 heavy (non-hydrogen) atoms. The smallest absolute Gasteiger partial charge is 0.293 e. The summed E-state index contributed by atoms with van der Waals surface area (Å²) in [4.78, 5) is 35.8. The maximum Gasteiger partial charge on any atom is 0.293 e. The lowest BCUT2D eigenvalue weighted by atomic mass is 9.93. The number of fused-ring (bicyclic) bond motifs is 5. The van der Waals surface area contributed by atoms with Crippen molar-refractivity contribution in [3.05, 3.63) is 93.4 Å². The summed E-state index contributed by atoms with van der Waals surface area (Å²) in [6.07, 6.45) is -0.376. The molecule has 3 aliphatic rings. The number of aromatic nitrogens is 4. The molecule has 1 fully saturated rings. The van der Waals surface area contributed by atoms with Crippen LogP contribution in [0.3, 0.4) is 0 Å². The topological polar surface area (TPSA) is 89.8 Å². The van der Waals surface area contributed by atoms with Crippen LogP contribution in [-0.2, 0) is 30.1 Å². The Bertz CT molecular complexity index is 2180. The number of rotatable bonds is 9. The van der Waals surface area contributed by atoms with Crippen LogP contribution in [0, 0.1) is 17.6 Å². The zero-order chi connectivity index (χ0) is 34.4. The monoisotopic (exact) mass is 713 g/mol. The molecule has 0 spiro atoms. The van der Waals surface area contributed by atoms with E-state index >= 15 is 8.78 Å². The summed E-state index contributed by atoms with van der Waals surface area (Å²) in [7, 11) is 0. The number of carbonyl (C=O) groups is 2. The van der Waals surface area contributed by atoms with Crippen LogP contribution in [0.4, 0.5) is 26.3 Å². The summed E-state index contributed by atoms with van der Waals surface area (Å²) in [6, 6.07) is 9.05. The van der Waals surface area contributed by atoms with E-state index in [0.717, 1.165) is 17.7 Å². The molecule has 3 aliphatic carbocycles. The molecule has 0 aliphatic heterocycles. The van der Waals surface area contributed by atoms with Crippen molar-refractivity contribution in [3.8, 4) is 11.1 Å². The number of benzene rings is 2. The summed E-state index contributed by atoms with van der Waals surface area (Å²) in [5, 5.41) is 6.53. The number of amides is 1. The Kier molecular flexibility index (Phi) is 7.63. The third-order valence-electron chi connectivity index (χ3n) is 9.40. The quantitative estimate of drug-likeness (QED) is 0.123. The second kappa shape index (κ2) is 11.7. The minimum atomic E-state index is -3.43. The molecular weight excluding hydrogens is 689 g/mol. The standard InChI is InChI=1S/C34H25F6N5O2S2/c1-48-33-43-32-25(49-33)12-20(16-3-2-15-4-5-24(46)19(15)9-16)28(42-32)23(8-14-6-17(35)10-18(36)7-14)41-26(47)13-45-30-27(29(44-45)31(37)38)21-11-22(21)34(30,39)40/h2-3,6-7,9-10,12,21-23,31H,4-5,8,11,13H2,1H3,(H,41,47)/t21-,22+,23?/m0/s1. The van der Waals surface area contributed by atoms with Gasteiger partial charge in [-0.25, -0.2) is 27.5 Å². The summed E-state index contributed by atoms with van der Waals surface area (Å²) in [6.45, 7) is -0.809. The Balaban J connectivity index is 1.23. The second-order valence-electron chi connectivity index (χ2n) is 12.5. The number of Topliss-reactive ketones (excluding diaryl/α,β-unsaturated/α-hetero) is 1. The number of ketones is 1. The van der Waals surface area contributed by atoms with E-state index < -0.39 is 65.7 Å². The fraction of sp³-hybridized carbons (Fsp3) is 0.324. The third kappa shape index (κ3) is 5.50. The summed E-state index contributed by atoms with van der Waals surface area (Å²) in [5.74, 6) is -7.84. The Labute approximate surface area is 283 Å². The van der Waals surface area contributed by atoms with Crippen molar-refractivity contribution in [1.82, 2.24) is 25.1 Å². The van der Waals surface area contributed by atoms with Gasteiger partial charge in [0.25, 0.3) is 12.3 Å². The van der Waals surface area contributed by atoms with Crippen LogP contribution in [0.1, 0.15) is 75.4 Å². The van der Waals surface area contributed by atoms with Crippen LogP contribution in [0.15, 0.2) is 46.8 Å². The highest BCUT2D eigenvalue weighted by Crippen LogP contribution is 2.68. The van der Waals surface area contributed by atoms with Crippen LogP contribution in [0.5, 0.6) is 0 Å². The van der Waals surface area contributed by atoms with Gasteiger partial charge in [-0.3, -0.25) is 14.3 Å². The summed E-state index contributed by atoms with van der Waals surface area (Å²) < 4.78 is 89.1. The number of thioether (sulfide) groups is 1. The predicted molar refractivity (Wildman–Crippen MR) is 170 cm³/mol. The van der Waals surface area contributed by atoms with E-state index in [4.69, 9.17) is 4.98 Å². The maximum atomic E-state index is 15.2. The van der Waals surface area contributed by atoms with E-state index in [1.807, 2.05) is 24.5 Å². The van der Waals surface area contributed by atoms with Gasteiger partial charge in [0.05, 0.1) is 16.4 Å². The lowest BCUT2D eigenvalue weighted by molar-refractivity contribution is -0.123. The lowest BCUT2D eigenvalue weighted by Crippen LogP contribution is -2.35. The largest absolute Gasteiger partial charge is 0.346 e. The molecule has 5 aromatic rings. The van der Waals surface area contributed by atoms with Gasteiger partial charge in [-0.05, 0) is 72.4 Å². The summed E-state index contributed by atoms with van der Waals surface area (Å²) in [5.41, 5.74) is 1.70. The highest BCUT2D eigenvalue weighted by atomic mass is 32.2. The van der Waals surface area contributed by atoms with Crippen LogP contribution in [0.25, 0.3) is 21.5 Å². The number of hydrogen-bond donors (Lipinski definition) is 1. The minimum absolute atomic E-state index is 0.0145. The lowest BCUT2D eigenvalue weighted by Gasteiger charge is -2.23. The van der Waals surface area contributed by atoms with Gasteiger partial charge in [-0.2, -0.15) is 13.9 Å². The molecule has 0 radical (unpaired) electrons. The molecule has 252 valence electrons. The summed E-state index contributed by atoms with van der Waals surface area (Å²) >= 11 is 2.79. The average Bonchev–Trinajstić information content (AvgIpc) is 3.29. The molecule has 0 bridgehead atoms. The maximum absolute atomic E-state index is 15.2.